The molecule has 4 heteroatoms. The van der Waals surface area contributed by atoms with Gasteiger partial charge in [0.1, 0.15) is 0 Å². The fourth-order valence-electron chi connectivity index (χ4n) is 6.95. The van der Waals surface area contributed by atoms with Crippen LogP contribution in [0, 0.1) is 29.6 Å². The Morgan fingerprint density at radius 3 is 1.89 bits per heavy atom. The second-order valence-electron chi connectivity index (χ2n) is 14.7. The molecule has 0 amide bonds. The van der Waals surface area contributed by atoms with Crippen molar-refractivity contribution in [1.29, 1.82) is 0 Å². The molecule has 0 aromatic rings. The summed E-state index contributed by atoms with van der Waals surface area (Å²) in [5.41, 5.74) is 0. The topological polar surface area (TPSA) is 26.3 Å². The molecule has 1 unspecified atom stereocenters. The molecule has 0 spiro atoms. The van der Waals surface area contributed by atoms with Crippen molar-refractivity contribution in [2.45, 2.75) is 161 Å². The molecule has 0 bridgehead atoms. The Morgan fingerprint density at radius 1 is 0.778 bits per heavy atom. The van der Waals surface area contributed by atoms with Crippen LogP contribution in [0.4, 0.5) is 0 Å². The largest absolute Gasteiger partial charge is 0.465 e. The Kier molecular flexibility index (Phi) is 14.4. The summed E-state index contributed by atoms with van der Waals surface area (Å²) in [5, 5.41) is 0. The number of carbonyl (C=O) groups excluding carboxylic acids is 1. The molecule has 0 radical (unpaired) electrons. The lowest BCUT2D eigenvalue weighted by Crippen LogP contribution is -2.32. The standard InChI is InChI=1S/C32H64O2Si2/c1-8-12-28-13-15-29(16-14-28)30-17-19-31(20-18-30)32(33)34-22-10-11-23-35(4,5)25-26-36(6,7)24-21-27(3)9-2/h27-31H,8-26H2,1-7H3. The van der Waals surface area contributed by atoms with Gasteiger partial charge >= 0.3 is 5.97 Å². The summed E-state index contributed by atoms with van der Waals surface area (Å²) in [6, 6.07) is 5.91. The molecule has 0 aliphatic heterocycles. The third-order valence-electron chi connectivity index (χ3n) is 10.3. The highest BCUT2D eigenvalue weighted by molar-refractivity contribution is 6.82. The third-order valence-corrected chi connectivity index (χ3v) is 17.4. The van der Waals surface area contributed by atoms with E-state index in [1.807, 2.05) is 0 Å². The summed E-state index contributed by atoms with van der Waals surface area (Å²) >= 11 is 0. The Bertz CT molecular complexity index is 601. The molecule has 1 atom stereocenters. The minimum atomic E-state index is -1.13. The molecule has 2 aliphatic rings. The highest BCUT2D eigenvalue weighted by Gasteiger charge is 2.33. The van der Waals surface area contributed by atoms with Gasteiger partial charge in [-0.1, -0.05) is 116 Å². The number of ether oxygens (including phenoxy) is 1. The Labute approximate surface area is 228 Å². The molecule has 2 fully saturated rings. The summed E-state index contributed by atoms with van der Waals surface area (Å²) in [6.07, 6.45) is 18.3. The van der Waals surface area contributed by atoms with Crippen LogP contribution in [0.5, 0.6) is 0 Å². The lowest BCUT2D eigenvalue weighted by molar-refractivity contribution is -0.150. The first kappa shape index (κ1) is 32.1. The van der Waals surface area contributed by atoms with Crippen molar-refractivity contribution < 1.29 is 9.53 Å². The minimum absolute atomic E-state index is 0.116. The first-order valence-corrected chi connectivity index (χ1v) is 23.0. The molecule has 0 saturated heterocycles. The van der Waals surface area contributed by atoms with E-state index in [1.165, 1.54) is 94.8 Å². The summed E-state index contributed by atoms with van der Waals surface area (Å²) in [4.78, 5) is 12.7. The van der Waals surface area contributed by atoms with E-state index in [9.17, 15) is 4.79 Å². The third kappa shape index (κ3) is 12.2. The van der Waals surface area contributed by atoms with Gasteiger partial charge in [0.2, 0.25) is 0 Å². The van der Waals surface area contributed by atoms with Gasteiger partial charge in [0.05, 0.1) is 12.5 Å². The van der Waals surface area contributed by atoms with E-state index in [-0.39, 0.29) is 11.9 Å². The Morgan fingerprint density at radius 2 is 1.33 bits per heavy atom. The van der Waals surface area contributed by atoms with Gasteiger partial charge in [0, 0.05) is 16.1 Å². The van der Waals surface area contributed by atoms with E-state index >= 15 is 0 Å². The van der Waals surface area contributed by atoms with Crippen LogP contribution in [0.3, 0.4) is 0 Å². The molecule has 0 heterocycles. The van der Waals surface area contributed by atoms with Crippen LogP contribution < -0.4 is 0 Å². The van der Waals surface area contributed by atoms with E-state index in [2.05, 4.69) is 47.0 Å². The zero-order valence-electron chi connectivity index (χ0n) is 25.6. The highest BCUT2D eigenvalue weighted by Crippen LogP contribution is 2.42. The van der Waals surface area contributed by atoms with Gasteiger partial charge in [0.25, 0.3) is 0 Å². The van der Waals surface area contributed by atoms with Crippen molar-refractivity contribution in [3.63, 3.8) is 0 Å². The molecule has 2 aliphatic carbocycles. The molecule has 0 aromatic carbocycles. The lowest BCUT2D eigenvalue weighted by Gasteiger charge is -2.37. The lowest BCUT2D eigenvalue weighted by atomic mass is 9.69. The Hall–Kier alpha value is -0.0962. The predicted octanol–water partition coefficient (Wildman–Crippen LogP) is 10.6. The fourth-order valence-corrected chi connectivity index (χ4v) is 15.3. The van der Waals surface area contributed by atoms with Gasteiger partial charge in [0.15, 0.2) is 0 Å². The van der Waals surface area contributed by atoms with Crippen LogP contribution in [-0.2, 0) is 9.53 Å². The van der Waals surface area contributed by atoms with Gasteiger partial charge in [-0.05, 0) is 68.6 Å². The minimum Gasteiger partial charge on any atom is -0.465 e. The van der Waals surface area contributed by atoms with Crippen LogP contribution in [0.25, 0.3) is 0 Å². The molecule has 36 heavy (non-hydrogen) atoms. The van der Waals surface area contributed by atoms with Crippen LogP contribution in [0.1, 0.15) is 111 Å². The molecular formula is C32H64O2Si2. The summed E-state index contributed by atoms with van der Waals surface area (Å²) < 4.78 is 5.78. The normalized spacial score (nSPS) is 26.5. The van der Waals surface area contributed by atoms with Crippen molar-refractivity contribution in [2.24, 2.45) is 29.6 Å². The monoisotopic (exact) mass is 536 g/mol. The van der Waals surface area contributed by atoms with Gasteiger partial charge in [-0.15, -0.1) is 0 Å². The summed E-state index contributed by atoms with van der Waals surface area (Å²) in [7, 11) is -2.16. The average molecular weight is 537 g/mol. The van der Waals surface area contributed by atoms with Gasteiger partial charge < -0.3 is 4.74 Å². The van der Waals surface area contributed by atoms with Gasteiger partial charge in [-0.2, -0.15) is 0 Å². The number of carbonyl (C=O) groups is 1. The molecule has 0 N–H and O–H groups in total. The smallest absolute Gasteiger partial charge is 0.308 e. The summed E-state index contributed by atoms with van der Waals surface area (Å²) in [6.45, 7) is 18.1. The van der Waals surface area contributed by atoms with Crippen molar-refractivity contribution in [3.8, 4) is 0 Å². The second-order valence-corrected chi connectivity index (χ2v) is 25.3. The maximum Gasteiger partial charge on any atom is 0.308 e. The quantitative estimate of drug-likeness (QED) is 0.111. The first-order valence-electron chi connectivity index (χ1n) is 16.2. The van der Waals surface area contributed by atoms with Gasteiger partial charge in [-0.25, -0.2) is 0 Å². The zero-order chi connectivity index (χ0) is 26.6. The average Bonchev–Trinajstić information content (AvgIpc) is 2.87. The van der Waals surface area contributed by atoms with Crippen LogP contribution >= 0.6 is 0 Å². The van der Waals surface area contributed by atoms with Crippen LogP contribution in [0.2, 0.25) is 50.4 Å². The molecule has 2 saturated carbocycles. The van der Waals surface area contributed by atoms with E-state index in [4.69, 9.17) is 4.74 Å². The van der Waals surface area contributed by atoms with E-state index in [0.29, 0.717) is 6.61 Å². The molecular weight excluding hydrogens is 473 g/mol. The van der Waals surface area contributed by atoms with Gasteiger partial charge in [-0.3, -0.25) is 4.79 Å². The number of hydrogen-bond donors (Lipinski definition) is 0. The summed E-state index contributed by atoms with van der Waals surface area (Å²) in [5.74, 6) is 4.02. The Balaban J connectivity index is 1.55. The molecule has 212 valence electrons. The maximum atomic E-state index is 12.7. The SMILES string of the molecule is CCCC1CCC(C2CCC(C(=O)OCCCC[Si](C)(C)CC[Si](C)(C)CCC(C)CC)CC2)CC1. The molecule has 2 rings (SSSR count). The predicted molar refractivity (Wildman–Crippen MR) is 164 cm³/mol. The second kappa shape index (κ2) is 16.1. The highest BCUT2D eigenvalue weighted by atomic mass is 28.3. The molecule has 0 aromatic heterocycles. The number of rotatable bonds is 16. The fraction of sp³-hybridized carbons (Fsp3) is 0.969. The number of unbranched alkanes of at least 4 members (excludes halogenated alkanes) is 1. The van der Waals surface area contributed by atoms with E-state index in [0.717, 1.165) is 42.9 Å². The van der Waals surface area contributed by atoms with Crippen molar-refractivity contribution in [2.75, 3.05) is 6.61 Å². The van der Waals surface area contributed by atoms with E-state index < -0.39 is 16.1 Å². The molecule has 2 nitrogen and oxygen atoms in total. The van der Waals surface area contributed by atoms with Crippen molar-refractivity contribution in [1.82, 2.24) is 0 Å². The number of esters is 1. The first-order chi connectivity index (χ1) is 17.0. The maximum absolute atomic E-state index is 12.7. The zero-order valence-corrected chi connectivity index (χ0v) is 27.6. The van der Waals surface area contributed by atoms with Crippen molar-refractivity contribution >= 4 is 22.1 Å². The van der Waals surface area contributed by atoms with Crippen LogP contribution in [-0.4, -0.2) is 28.7 Å². The van der Waals surface area contributed by atoms with E-state index in [1.54, 1.807) is 0 Å². The van der Waals surface area contributed by atoms with Crippen LogP contribution in [0.15, 0.2) is 0 Å². The van der Waals surface area contributed by atoms with Crippen molar-refractivity contribution in [3.05, 3.63) is 0 Å². The number of hydrogen-bond acceptors (Lipinski definition) is 2.